The van der Waals surface area contributed by atoms with Gasteiger partial charge in [0.05, 0.1) is 0 Å². The summed E-state index contributed by atoms with van der Waals surface area (Å²) in [5, 5.41) is 0. The van der Waals surface area contributed by atoms with Crippen molar-refractivity contribution >= 4 is 12.5 Å². The van der Waals surface area contributed by atoms with Crippen LogP contribution in [0.2, 0.25) is 0 Å². The van der Waals surface area contributed by atoms with E-state index in [1.165, 1.54) is 24.0 Å². The molecule has 0 aliphatic heterocycles. The summed E-state index contributed by atoms with van der Waals surface area (Å²) in [6.45, 7) is 9.05. The van der Waals surface area contributed by atoms with Crippen LogP contribution in [0, 0.1) is 11.8 Å². The van der Waals surface area contributed by atoms with Gasteiger partial charge in [-0.05, 0) is 0 Å². The molecule has 0 saturated heterocycles. The van der Waals surface area contributed by atoms with Crippen LogP contribution in [0.3, 0.4) is 0 Å². The molecule has 0 bridgehead atoms. The number of rotatable bonds is 3. The molecule has 2 rings (SSSR count). The van der Waals surface area contributed by atoms with E-state index in [-0.39, 0.29) is 0 Å². The Morgan fingerprint density at radius 2 is 2.24 bits per heavy atom. The summed E-state index contributed by atoms with van der Waals surface area (Å²) in [5.74, 6) is 5.74. The van der Waals surface area contributed by atoms with Gasteiger partial charge in [0.25, 0.3) is 0 Å². The maximum absolute atomic E-state index is 2.41. The van der Waals surface area contributed by atoms with E-state index in [4.69, 9.17) is 0 Å². The first-order valence-electron chi connectivity index (χ1n) is 6.63. The summed E-state index contributed by atoms with van der Waals surface area (Å²) in [7, 11) is 0. The van der Waals surface area contributed by atoms with Crippen molar-refractivity contribution in [2.45, 2.75) is 33.6 Å². The van der Waals surface area contributed by atoms with Gasteiger partial charge in [0.2, 0.25) is 0 Å². The van der Waals surface area contributed by atoms with Gasteiger partial charge in [0.15, 0.2) is 0 Å². The minimum atomic E-state index is 0.713. The second kappa shape index (κ2) is 5.49. The third-order valence-corrected chi connectivity index (χ3v) is 3.42. The van der Waals surface area contributed by atoms with E-state index in [9.17, 15) is 0 Å². The molecule has 1 aliphatic carbocycles. The van der Waals surface area contributed by atoms with Crippen LogP contribution in [0.4, 0.5) is 0 Å². The molecule has 1 aromatic heterocycles. The Morgan fingerprint density at radius 1 is 1.41 bits per heavy atom. The van der Waals surface area contributed by atoms with Crippen LogP contribution in [-0.2, 0) is 0 Å². The first-order chi connectivity index (χ1) is 8.16. The van der Waals surface area contributed by atoms with Crippen LogP contribution in [0.5, 0.6) is 0 Å². The molecule has 88 valence electrons. The number of hydrogen-bond acceptors (Lipinski definition) is 0. The summed E-state index contributed by atoms with van der Waals surface area (Å²) in [5.41, 5.74) is 4.36. The average Bonchev–Trinajstić information content (AvgIpc) is 2.32. The zero-order valence-corrected chi connectivity index (χ0v) is 11.1. The molecule has 1 aromatic rings. The summed E-state index contributed by atoms with van der Waals surface area (Å²) < 4.78 is 0. The summed E-state index contributed by atoms with van der Waals surface area (Å²) >= 11 is 0. The molecule has 0 N–H and O–H groups in total. The Balaban J connectivity index is 2.23. The van der Waals surface area contributed by atoms with E-state index in [0.717, 1.165) is 5.92 Å². The van der Waals surface area contributed by atoms with Gasteiger partial charge in [-0.2, -0.15) is 0 Å². The van der Waals surface area contributed by atoms with Gasteiger partial charge < -0.3 is 0 Å². The topological polar surface area (TPSA) is 0 Å². The molecule has 1 atom stereocenters. The van der Waals surface area contributed by atoms with Crippen molar-refractivity contribution < 1.29 is 0 Å². The molecule has 1 unspecified atom stereocenters. The number of allylic oxidation sites excluding steroid dienone is 4. The zero-order chi connectivity index (χ0) is 12.3. The van der Waals surface area contributed by atoms with Gasteiger partial charge in [-0.15, -0.1) is 0 Å². The summed E-state index contributed by atoms with van der Waals surface area (Å²) in [6, 6.07) is 4.31. The third-order valence-electron chi connectivity index (χ3n) is 3.42. The Bertz CT molecular complexity index is 426. The Kier molecular flexibility index (Phi) is 3.99. The van der Waals surface area contributed by atoms with E-state index < -0.39 is 0 Å². The van der Waals surface area contributed by atoms with Crippen LogP contribution in [0.15, 0.2) is 41.8 Å². The van der Waals surface area contributed by atoms with Crippen LogP contribution in [-0.4, -0.2) is 6.91 Å². The molecule has 1 heteroatoms. The zero-order valence-electron chi connectivity index (χ0n) is 11.1. The van der Waals surface area contributed by atoms with Gasteiger partial charge in [-0.1, -0.05) is 0 Å². The fourth-order valence-corrected chi connectivity index (χ4v) is 2.42. The van der Waals surface area contributed by atoms with Crippen LogP contribution < -0.4 is 0 Å². The van der Waals surface area contributed by atoms with Crippen molar-refractivity contribution in [3.8, 4) is 0 Å². The third kappa shape index (κ3) is 3.18. The first-order valence-corrected chi connectivity index (χ1v) is 6.63. The van der Waals surface area contributed by atoms with Crippen molar-refractivity contribution in [3.05, 3.63) is 47.3 Å². The quantitative estimate of drug-likeness (QED) is 0.712. The van der Waals surface area contributed by atoms with E-state index in [1.54, 1.807) is 5.57 Å². The average molecular weight is 224 g/mol. The Hall–Kier alpha value is -1.11. The van der Waals surface area contributed by atoms with Gasteiger partial charge in [0, 0.05) is 0 Å². The molecule has 1 aliphatic rings. The summed E-state index contributed by atoms with van der Waals surface area (Å²) in [4.78, 5) is 0. The minimum absolute atomic E-state index is 0.713. The number of hydrogen-bond donors (Lipinski definition) is 0. The SMILES string of the molecule is CC(C)CC1=CC(c2cbccc2)=CCC1C. The van der Waals surface area contributed by atoms with E-state index >= 15 is 0 Å². The standard InChI is InChI=1S/C16H21B/c1-12(2)9-16-10-14(7-6-13(16)3)15-5-4-8-17-11-15/h4-5,7-8,10-13H,6,9H2,1-3H3. The molecule has 0 aromatic carbocycles. The molecule has 0 spiro atoms. The van der Waals surface area contributed by atoms with Crippen molar-refractivity contribution in [2.24, 2.45) is 11.8 Å². The van der Waals surface area contributed by atoms with Crippen molar-refractivity contribution in [1.29, 1.82) is 0 Å². The van der Waals surface area contributed by atoms with E-state index in [0.29, 0.717) is 5.92 Å². The fourth-order valence-electron chi connectivity index (χ4n) is 2.42. The molecular weight excluding hydrogens is 203 g/mol. The Labute approximate surface area is 106 Å². The van der Waals surface area contributed by atoms with Gasteiger partial charge in [0.1, 0.15) is 0 Å². The van der Waals surface area contributed by atoms with Crippen molar-refractivity contribution in [1.82, 2.24) is 0 Å². The molecule has 1 heterocycles. The van der Waals surface area contributed by atoms with Crippen molar-refractivity contribution in [3.63, 3.8) is 0 Å². The van der Waals surface area contributed by atoms with E-state index in [2.05, 4.69) is 63.9 Å². The maximum atomic E-state index is 2.41. The molecule has 0 nitrogen and oxygen atoms in total. The molecule has 0 saturated carbocycles. The first kappa shape index (κ1) is 12.4. The van der Waals surface area contributed by atoms with Gasteiger partial charge in [-0.25, -0.2) is 0 Å². The normalized spacial score (nSPS) is 19.9. The molecule has 17 heavy (non-hydrogen) atoms. The Morgan fingerprint density at radius 3 is 2.88 bits per heavy atom. The molecule has 0 radical (unpaired) electrons. The molecular formula is C16H21B. The second-order valence-electron chi connectivity index (χ2n) is 5.48. The predicted molar refractivity (Wildman–Crippen MR) is 77.1 cm³/mol. The monoisotopic (exact) mass is 224 g/mol. The van der Waals surface area contributed by atoms with E-state index in [1.807, 2.05) is 0 Å². The summed E-state index contributed by atoms with van der Waals surface area (Å²) in [6.07, 6.45) is 7.20. The van der Waals surface area contributed by atoms with Crippen molar-refractivity contribution in [2.75, 3.05) is 0 Å². The van der Waals surface area contributed by atoms with Gasteiger partial charge >= 0.3 is 105 Å². The predicted octanol–water partition coefficient (Wildman–Crippen LogP) is 4.42. The molecule has 0 amide bonds. The second-order valence-corrected chi connectivity index (χ2v) is 5.48. The van der Waals surface area contributed by atoms with Crippen LogP contribution >= 0.6 is 0 Å². The van der Waals surface area contributed by atoms with Crippen LogP contribution in [0.25, 0.3) is 5.57 Å². The van der Waals surface area contributed by atoms with Crippen LogP contribution in [0.1, 0.15) is 39.2 Å². The fraction of sp³-hybridized carbons (Fsp3) is 0.438. The van der Waals surface area contributed by atoms with Gasteiger partial charge in [-0.3, -0.25) is 0 Å². The molecule has 0 fully saturated rings.